The van der Waals surface area contributed by atoms with Crippen LogP contribution in [-0.4, -0.2) is 0 Å². The van der Waals surface area contributed by atoms with Gasteiger partial charge in [-0.3, -0.25) is 0 Å². The molecule has 0 aliphatic carbocycles. The van der Waals surface area contributed by atoms with Crippen LogP contribution in [-0.2, 0) is 8.70 Å². The van der Waals surface area contributed by atoms with Crippen LogP contribution >= 0.6 is 19.5 Å². The second kappa shape index (κ2) is 2.06. The molecule has 0 radical (unpaired) electrons. The zero-order valence-corrected chi connectivity index (χ0v) is 4.41. The van der Waals surface area contributed by atoms with E-state index in [-0.39, 0.29) is 0 Å². The van der Waals surface area contributed by atoms with Crippen molar-refractivity contribution in [3.8, 4) is 0 Å². The van der Waals surface area contributed by atoms with Gasteiger partial charge in [-0.25, -0.2) is 0 Å². The fourth-order valence-electron chi connectivity index (χ4n) is 0. The van der Waals surface area contributed by atoms with E-state index in [9.17, 15) is 0 Å². The van der Waals surface area contributed by atoms with Crippen LogP contribution in [0.3, 0.4) is 0 Å². The van der Waals surface area contributed by atoms with E-state index in [1.807, 2.05) is 0 Å². The second-order valence-electron chi connectivity index (χ2n) is 0.264. The van der Waals surface area contributed by atoms with Crippen molar-refractivity contribution in [1.82, 2.24) is 0 Å². The molecule has 1 N–H and O–H groups in total. The summed E-state index contributed by atoms with van der Waals surface area (Å²) in [5.41, 5.74) is 0. The Morgan fingerprint density at radius 1 is 2.00 bits per heavy atom. The zero-order chi connectivity index (χ0) is 3.58. The molecule has 0 atom stereocenters. The summed E-state index contributed by atoms with van der Waals surface area (Å²) in [5.74, 6) is 0. The SMILES string of the molecule is N=S(#P)S. The summed E-state index contributed by atoms with van der Waals surface area (Å²) in [6, 6.07) is 0. The van der Waals surface area contributed by atoms with Gasteiger partial charge < -0.3 is 0 Å². The van der Waals surface area contributed by atoms with E-state index in [0.717, 1.165) is 0 Å². The molecule has 0 unspecified atom stereocenters. The van der Waals surface area contributed by atoms with E-state index < -0.39 is 8.70 Å². The molecule has 0 amide bonds. The maximum atomic E-state index is 6.34. The number of hydrogen-bond acceptors (Lipinski definition) is 1. The summed E-state index contributed by atoms with van der Waals surface area (Å²) in [4.78, 5) is 0. The Morgan fingerprint density at radius 3 is 2.00 bits per heavy atom. The van der Waals surface area contributed by atoms with Gasteiger partial charge in [-0.15, -0.1) is 0 Å². The Morgan fingerprint density at radius 2 is 2.00 bits per heavy atom. The van der Waals surface area contributed by atoms with Crippen molar-refractivity contribution in [3.05, 3.63) is 0 Å². The molecule has 0 aromatic carbocycles. The molecule has 0 spiro atoms. The van der Waals surface area contributed by atoms with E-state index in [1.54, 1.807) is 0 Å². The third-order valence-electron chi connectivity index (χ3n) is 0. The molecule has 0 saturated heterocycles. The Hall–Kier alpha value is 0.800. The van der Waals surface area contributed by atoms with Crippen LogP contribution in [0.4, 0.5) is 0 Å². The molecule has 0 aliphatic heterocycles. The van der Waals surface area contributed by atoms with Crippen LogP contribution in [0.1, 0.15) is 0 Å². The first-order valence-corrected chi connectivity index (χ1v) is 3.90. The third kappa shape index (κ3) is 14.2. The first-order valence-electron chi connectivity index (χ1n) is 0.569. The molecule has 0 heterocycles. The van der Waals surface area contributed by atoms with Crippen molar-refractivity contribution >= 4 is 28.2 Å². The van der Waals surface area contributed by atoms with Gasteiger partial charge in [0.25, 0.3) is 0 Å². The fraction of sp³-hybridized carbons (Fsp3) is 0. The van der Waals surface area contributed by atoms with Crippen molar-refractivity contribution in [2.24, 2.45) is 0 Å². The van der Waals surface area contributed by atoms with Crippen molar-refractivity contribution < 1.29 is 0 Å². The van der Waals surface area contributed by atoms with Crippen molar-refractivity contribution in [2.75, 3.05) is 0 Å². The molecular formula is H2NPS2. The molecule has 0 rings (SSSR count). The predicted octanol–water partition coefficient (Wildman–Crippen LogP) is 1.54. The molecule has 0 aromatic heterocycles. The van der Waals surface area contributed by atoms with Crippen molar-refractivity contribution in [3.63, 3.8) is 0 Å². The van der Waals surface area contributed by atoms with E-state index in [0.29, 0.717) is 0 Å². The van der Waals surface area contributed by atoms with Gasteiger partial charge in [-0.05, 0) is 0 Å². The normalized spacial score (nSPS) is 6.00. The molecule has 4 heteroatoms. The molecule has 4 heavy (non-hydrogen) atoms. The molecule has 1 nitrogen and oxygen atoms in total. The van der Waals surface area contributed by atoms with Crippen molar-refractivity contribution in [2.45, 2.75) is 0 Å². The van der Waals surface area contributed by atoms with Crippen LogP contribution in [0.25, 0.3) is 0 Å². The van der Waals surface area contributed by atoms with Crippen LogP contribution in [0.5, 0.6) is 0 Å². The summed E-state index contributed by atoms with van der Waals surface area (Å²) in [5, 5.41) is 0. The third-order valence-corrected chi connectivity index (χ3v) is 0. The van der Waals surface area contributed by atoms with E-state index in [4.69, 9.17) is 4.78 Å². The first kappa shape index (κ1) is 4.80. The standard InChI is InChI=1S/H2NPS2/c1-4(2)3/h(H2,1,3). The average molecular weight is 111 g/mol. The molecule has 0 aromatic rings. The van der Waals surface area contributed by atoms with Gasteiger partial charge in [-0.2, -0.15) is 0 Å². The van der Waals surface area contributed by atoms with Gasteiger partial charge in [0.2, 0.25) is 0 Å². The molecule has 0 bridgehead atoms. The fourth-order valence-corrected chi connectivity index (χ4v) is 0. The van der Waals surface area contributed by atoms with Crippen LogP contribution < -0.4 is 0 Å². The minimum atomic E-state index is -0.722. The summed E-state index contributed by atoms with van der Waals surface area (Å²) in [6.45, 7) is 0. The van der Waals surface area contributed by atoms with E-state index >= 15 is 0 Å². The molecule has 0 fully saturated rings. The number of thiol groups is 1. The van der Waals surface area contributed by atoms with Gasteiger partial charge in [0, 0.05) is 0 Å². The van der Waals surface area contributed by atoms with Gasteiger partial charge in [0.1, 0.15) is 0 Å². The number of nitrogens with one attached hydrogen (secondary N) is 1. The van der Waals surface area contributed by atoms with Gasteiger partial charge in [-0.1, -0.05) is 0 Å². The Balaban J connectivity index is 3.85. The summed E-state index contributed by atoms with van der Waals surface area (Å²) in [7, 11) is 2.80. The second-order valence-corrected chi connectivity index (χ2v) is 3.85. The van der Waals surface area contributed by atoms with E-state index in [1.165, 1.54) is 0 Å². The maximum absolute atomic E-state index is 6.34. The van der Waals surface area contributed by atoms with Crippen LogP contribution in [0.15, 0.2) is 0 Å². The number of hydrogen-bond donors (Lipinski definition) is 2. The Kier molecular flexibility index (Phi) is 2.48. The van der Waals surface area contributed by atoms with Gasteiger partial charge in [0.15, 0.2) is 0 Å². The first-order chi connectivity index (χ1) is 1.73. The summed E-state index contributed by atoms with van der Waals surface area (Å²) in [6.07, 6.45) is 0. The van der Waals surface area contributed by atoms with Gasteiger partial charge in [0.05, 0.1) is 0 Å². The Bertz CT molecular complexity index is 96.2. The molecule has 0 aliphatic rings. The quantitative estimate of drug-likeness (QED) is 0.269. The molecule has 24 valence electrons. The van der Waals surface area contributed by atoms with Crippen molar-refractivity contribution in [1.29, 1.82) is 4.78 Å². The van der Waals surface area contributed by atoms with Crippen LogP contribution in [0.2, 0.25) is 0 Å². The molecule has 0 saturated carbocycles. The average Bonchev–Trinajstić information content (AvgIpc) is 0.811. The predicted molar refractivity (Wildman–Crippen MR) is 26.0 cm³/mol. The Labute approximate surface area is 33.6 Å². The molecular weight excluding hydrogens is 109 g/mol. The topological polar surface area (TPSA) is 23.9 Å². The summed E-state index contributed by atoms with van der Waals surface area (Å²) >= 11 is 3.52. The van der Waals surface area contributed by atoms with Crippen LogP contribution in [0, 0.1) is 4.78 Å². The summed E-state index contributed by atoms with van der Waals surface area (Å²) < 4.78 is 6.34. The monoisotopic (exact) mass is 111 g/mol. The minimum absolute atomic E-state index is 0.722. The van der Waals surface area contributed by atoms with Gasteiger partial charge >= 0.3 is 33.0 Å². The zero-order valence-electron chi connectivity index (χ0n) is 1.80. The van der Waals surface area contributed by atoms with E-state index in [2.05, 4.69) is 19.5 Å². The number of rotatable bonds is 0.